The van der Waals surface area contributed by atoms with Gasteiger partial charge in [0.15, 0.2) is 5.79 Å². The van der Waals surface area contributed by atoms with Crippen LogP contribution in [0.2, 0.25) is 0 Å². The maximum atomic E-state index is 12.4. The Labute approximate surface area is 171 Å². The van der Waals surface area contributed by atoms with Crippen LogP contribution >= 0.6 is 0 Å². The van der Waals surface area contributed by atoms with Crippen LogP contribution in [-0.4, -0.2) is 57.9 Å². The van der Waals surface area contributed by atoms with Crippen molar-refractivity contribution in [2.45, 2.75) is 43.7 Å². The van der Waals surface area contributed by atoms with Gasteiger partial charge in [-0.2, -0.15) is 0 Å². The van der Waals surface area contributed by atoms with Crippen LogP contribution in [-0.2, 0) is 24.7 Å². The molecule has 1 aromatic carbocycles. The van der Waals surface area contributed by atoms with Crippen molar-refractivity contribution in [2.24, 2.45) is 0 Å². The number of H-pyrrole nitrogens is 1. The van der Waals surface area contributed by atoms with Gasteiger partial charge in [0.25, 0.3) is 5.56 Å². The largest absolute Gasteiger partial charge is 0.459 e. The molecule has 0 spiro atoms. The number of rotatable bonds is 5. The standard InChI is InChI=1S/C20H22N2O8/c1-19(2)29-15-13(10-27-17(25)12-6-4-3-5-7-12)28-20(11-23,16(15)30-19)22-9-8-14(24)21-18(22)26/h3-9,13,15-16,23H,10-11H2,1-2H3,(H,21,24,26). The SMILES string of the molecule is CC1(C)OC2C(COC(=O)c3ccccc3)OC(CO)(n3ccc(=O)[nH]c3=O)C2O1. The average molecular weight is 418 g/mol. The van der Waals surface area contributed by atoms with E-state index in [2.05, 4.69) is 4.98 Å². The van der Waals surface area contributed by atoms with Gasteiger partial charge >= 0.3 is 11.7 Å². The van der Waals surface area contributed by atoms with Crippen LogP contribution < -0.4 is 11.2 Å². The molecule has 1 aromatic heterocycles. The molecule has 10 nitrogen and oxygen atoms in total. The van der Waals surface area contributed by atoms with Gasteiger partial charge in [-0.3, -0.25) is 14.3 Å². The van der Waals surface area contributed by atoms with E-state index in [4.69, 9.17) is 18.9 Å². The second-order valence-corrected chi connectivity index (χ2v) is 7.62. The molecule has 2 aromatic rings. The van der Waals surface area contributed by atoms with Crippen LogP contribution in [0.15, 0.2) is 52.2 Å². The van der Waals surface area contributed by atoms with E-state index in [1.165, 1.54) is 6.20 Å². The Bertz CT molecular complexity index is 1050. The summed E-state index contributed by atoms with van der Waals surface area (Å²) in [5, 5.41) is 10.2. The lowest BCUT2D eigenvalue weighted by molar-refractivity contribution is -0.244. The average Bonchev–Trinajstić information content (AvgIpc) is 3.18. The lowest BCUT2D eigenvalue weighted by Gasteiger charge is -2.34. The Kier molecular flexibility index (Phi) is 5.10. The van der Waals surface area contributed by atoms with E-state index in [1.54, 1.807) is 44.2 Å². The summed E-state index contributed by atoms with van der Waals surface area (Å²) in [7, 11) is 0. The van der Waals surface area contributed by atoms with Crippen molar-refractivity contribution in [1.82, 2.24) is 9.55 Å². The summed E-state index contributed by atoms with van der Waals surface area (Å²) in [6, 6.07) is 9.60. The summed E-state index contributed by atoms with van der Waals surface area (Å²) in [5.41, 5.74) is -2.65. The van der Waals surface area contributed by atoms with Gasteiger partial charge in [0, 0.05) is 12.3 Å². The Balaban J connectivity index is 1.64. The van der Waals surface area contributed by atoms with Gasteiger partial charge in [0.2, 0.25) is 5.72 Å². The zero-order chi connectivity index (χ0) is 21.5. The number of aromatic amines is 1. The summed E-state index contributed by atoms with van der Waals surface area (Å²) in [6.45, 7) is 2.56. The molecule has 0 amide bonds. The minimum Gasteiger partial charge on any atom is -0.459 e. The van der Waals surface area contributed by atoms with Crippen molar-refractivity contribution >= 4 is 5.97 Å². The number of aliphatic hydroxyl groups excluding tert-OH is 1. The normalized spacial score (nSPS) is 29.5. The maximum Gasteiger partial charge on any atom is 0.338 e. The molecule has 2 aliphatic rings. The Hall–Kier alpha value is -2.79. The molecule has 0 bridgehead atoms. The molecule has 30 heavy (non-hydrogen) atoms. The van der Waals surface area contributed by atoms with Gasteiger partial charge in [-0.05, 0) is 26.0 Å². The van der Waals surface area contributed by atoms with Crippen molar-refractivity contribution in [2.75, 3.05) is 13.2 Å². The summed E-state index contributed by atoms with van der Waals surface area (Å²) < 4.78 is 24.3. The van der Waals surface area contributed by atoms with E-state index in [9.17, 15) is 19.5 Å². The highest BCUT2D eigenvalue weighted by atomic mass is 16.8. The van der Waals surface area contributed by atoms with Gasteiger partial charge in [-0.15, -0.1) is 0 Å². The molecule has 2 aliphatic heterocycles. The zero-order valence-corrected chi connectivity index (χ0v) is 16.4. The number of esters is 1. The van der Waals surface area contributed by atoms with Gasteiger partial charge in [0.05, 0.1) is 12.2 Å². The molecule has 4 atom stereocenters. The lowest BCUT2D eigenvalue weighted by Crippen LogP contribution is -2.54. The van der Waals surface area contributed by atoms with Crippen molar-refractivity contribution in [3.05, 3.63) is 69.0 Å². The van der Waals surface area contributed by atoms with Crippen molar-refractivity contribution < 1.29 is 28.8 Å². The van der Waals surface area contributed by atoms with Gasteiger partial charge < -0.3 is 24.1 Å². The van der Waals surface area contributed by atoms with Crippen LogP contribution in [0.3, 0.4) is 0 Å². The first-order chi connectivity index (χ1) is 14.3. The summed E-state index contributed by atoms with van der Waals surface area (Å²) in [5.74, 6) is -1.57. The molecule has 0 radical (unpaired) electrons. The third-order valence-corrected chi connectivity index (χ3v) is 5.14. The van der Waals surface area contributed by atoms with Crippen LogP contribution in [0.4, 0.5) is 0 Å². The quantitative estimate of drug-likeness (QED) is 0.647. The predicted octanol–water partition coefficient (Wildman–Crippen LogP) is -0.0424. The first kappa shape index (κ1) is 20.5. The number of carbonyl (C=O) groups excluding carboxylic acids is 1. The van der Waals surface area contributed by atoms with E-state index in [-0.39, 0.29) is 6.61 Å². The number of aliphatic hydroxyl groups is 1. The molecule has 0 aliphatic carbocycles. The molecule has 0 saturated carbocycles. The predicted molar refractivity (Wildman–Crippen MR) is 102 cm³/mol. The lowest BCUT2D eigenvalue weighted by atomic mass is 10.0. The number of carbonyl (C=O) groups is 1. The highest BCUT2D eigenvalue weighted by Crippen LogP contribution is 2.46. The molecular formula is C20H22N2O8. The van der Waals surface area contributed by atoms with Crippen molar-refractivity contribution in [3.63, 3.8) is 0 Å². The fourth-order valence-electron chi connectivity index (χ4n) is 3.86. The van der Waals surface area contributed by atoms with Crippen LogP contribution in [0.25, 0.3) is 0 Å². The molecule has 2 fully saturated rings. The third-order valence-electron chi connectivity index (χ3n) is 5.14. The number of nitrogens with one attached hydrogen (secondary N) is 1. The first-order valence-electron chi connectivity index (χ1n) is 9.45. The second-order valence-electron chi connectivity index (χ2n) is 7.62. The third kappa shape index (κ3) is 3.47. The molecule has 4 rings (SSSR count). The first-order valence-corrected chi connectivity index (χ1v) is 9.45. The van der Waals surface area contributed by atoms with E-state index in [1.807, 2.05) is 0 Å². The molecular weight excluding hydrogens is 396 g/mol. The fraction of sp³-hybridized carbons (Fsp3) is 0.450. The molecule has 2 N–H and O–H groups in total. The highest BCUT2D eigenvalue weighted by Gasteiger charge is 2.64. The van der Waals surface area contributed by atoms with Crippen LogP contribution in [0.1, 0.15) is 24.2 Å². The van der Waals surface area contributed by atoms with E-state index < -0.39 is 53.6 Å². The fourth-order valence-corrected chi connectivity index (χ4v) is 3.86. The van der Waals surface area contributed by atoms with E-state index in [0.717, 1.165) is 10.6 Å². The van der Waals surface area contributed by atoms with E-state index in [0.29, 0.717) is 5.56 Å². The summed E-state index contributed by atoms with van der Waals surface area (Å²) in [4.78, 5) is 38.4. The molecule has 3 heterocycles. The number of aromatic nitrogens is 2. The van der Waals surface area contributed by atoms with Gasteiger partial charge in [-0.1, -0.05) is 18.2 Å². The Morgan fingerprint density at radius 2 is 1.90 bits per heavy atom. The maximum absolute atomic E-state index is 12.4. The number of fused-ring (bicyclic) bond motifs is 1. The number of benzene rings is 1. The number of ether oxygens (including phenoxy) is 4. The van der Waals surface area contributed by atoms with Crippen LogP contribution in [0.5, 0.6) is 0 Å². The number of hydrogen-bond acceptors (Lipinski definition) is 8. The highest BCUT2D eigenvalue weighted by molar-refractivity contribution is 5.89. The minimum atomic E-state index is -1.66. The molecule has 2 saturated heterocycles. The monoisotopic (exact) mass is 418 g/mol. The molecule has 4 unspecified atom stereocenters. The smallest absolute Gasteiger partial charge is 0.338 e. The zero-order valence-electron chi connectivity index (χ0n) is 16.4. The van der Waals surface area contributed by atoms with Crippen molar-refractivity contribution in [1.29, 1.82) is 0 Å². The number of nitrogens with zero attached hydrogens (tertiary/aromatic N) is 1. The molecule has 160 valence electrons. The Morgan fingerprint density at radius 1 is 1.17 bits per heavy atom. The molecule has 10 heteroatoms. The van der Waals surface area contributed by atoms with Crippen LogP contribution in [0, 0.1) is 0 Å². The summed E-state index contributed by atoms with van der Waals surface area (Å²) >= 11 is 0. The second kappa shape index (κ2) is 7.47. The summed E-state index contributed by atoms with van der Waals surface area (Å²) in [6.07, 6.45) is -1.21. The Morgan fingerprint density at radius 3 is 2.57 bits per heavy atom. The number of hydrogen-bond donors (Lipinski definition) is 2. The minimum absolute atomic E-state index is 0.186. The van der Waals surface area contributed by atoms with Gasteiger partial charge in [-0.25, -0.2) is 9.59 Å². The topological polar surface area (TPSA) is 129 Å². The van der Waals surface area contributed by atoms with Gasteiger partial charge in [0.1, 0.15) is 24.9 Å². The van der Waals surface area contributed by atoms with Crippen molar-refractivity contribution in [3.8, 4) is 0 Å². The van der Waals surface area contributed by atoms with E-state index >= 15 is 0 Å².